The number of rotatable bonds is 8. The van der Waals surface area contributed by atoms with Crippen LogP contribution in [0.5, 0.6) is 0 Å². The van der Waals surface area contributed by atoms with Crippen molar-refractivity contribution in [1.82, 2.24) is 10.2 Å². The van der Waals surface area contributed by atoms with Gasteiger partial charge in [-0.05, 0) is 41.5 Å². The highest BCUT2D eigenvalue weighted by atomic mass is 16.5. The van der Waals surface area contributed by atoms with Crippen LogP contribution in [0.2, 0.25) is 0 Å². The molecule has 0 aromatic heterocycles. The average Bonchev–Trinajstić information content (AvgIpc) is 3.41. The predicted octanol–water partition coefficient (Wildman–Crippen LogP) is 3.40. The van der Waals surface area contributed by atoms with Crippen molar-refractivity contribution >= 4 is 18.0 Å². The third kappa shape index (κ3) is 4.14. The Bertz CT molecular complexity index is 1040. The lowest BCUT2D eigenvalue weighted by Crippen LogP contribution is -2.60. The summed E-state index contributed by atoms with van der Waals surface area (Å²) in [6, 6.07) is 15.2. The summed E-state index contributed by atoms with van der Waals surface area (Å²) >= 11 is 0. The maximum atomic E-state index is 13.2. The minimum Gasteiger partial charge on any atom is -0.479 e. The van der Waals surface area contributed by atoms with E-state index in [0.29, 0.717) is 25.8 Å². The molecule has 2 aromatic carbocycles. The summed E-state index contributed by atoms with van der Waals surface area (Å²) in [4.78, 5) is 39.3. The van der Waals surface area contributed by atoms with Crippen molar-refractivity contribution in [2.24, 2.45) is 0 Å². The van der Waals surface area contributed by atoms with E-state index in [1.807, 2.05) is 36.4 Å². The van der Waals surface area contributed by atoms with E-state index in [4.69, 9.17) is 9.47 Å². The molecular weight excluding hydrogens is 436 g/mol. The Kier molecular flexibility index (Phi) is 6.88. The van der Waals surface area contributed by atoms with Gasteiger partial charge in [0.15, 0.2) is 5.54 Å². The molecule has 2 aliphatic rings. The lowest BCUT2D eigenvalue weighted by molar-refractivity contribution is -0.161. The Morgan fingerprint density at radius 2 is 1.74 bits per heavy atom. The van der Waals surface area contributed by atoms with Crippen molar-refractivity contribution in [2.45, 2.75) is 43.7 Å². The molecule has 0 saturated carbocycles. The van der Waals surface area contributed by atoms with Gasteiger partial charge in [-0.1, -0.05) is 55.5 Å². The molecule has 180 valence electrons. The molecule has 1 unspecified atom stereocenters. The van der Waals surface area contributed by atoms with Gasteiger partial charge in [0.25, 0.3) is 0 Å². The van der Waals surface area contributed by atoms with Gasteiger partial charge in [-0.25, -0.2) is 9.59 Å². The number of carbonyl (C=O) groups excluding carboxylic acids is 2. The fourth-order valence-electron chi connectivity index (χ4n) is 5.18. The van der Waals surface area contributed by atoms with E-state index in [1.54, 1.807) is 6.92 Å². The van der Waals surface area contributed by atoms with Gasteiger partial charge in [-0.2, -0.15) is 0 Å². The largest absolute Gasteiger partial charge is 0.479 e. The van der Waals surface area contributed by atoms with Gasteiger partial charge in [0.05, 0.1) is 6.61 Å². The minimum atomic E-state index is -1.41. The molecule has 1 aliphatic heterocycles. The van der Waals surface area contributed by atoms with E-state index in [0.717, 1.165) is 22.3 Å². The van der Waals surface area contributed by atoms with Crippen LogP contribution in [0.3, 0.4) is 0 Å². The van der Waals surface area contributed by atoms with Gasteiger partial charge in [0.1, 0.15) is 12.6 Å². The summed E-state index contributed by atoms with van der Waals surface area (Å²) in [5.74, 6) is -1.63. The Morgan fingerprint density at radius 3 is 2.29 bits per heavy atom. The second-order valence-electron chi connectivity index (χ2n) is 8.79. The monoisotopic (exact) mass is 466 g/mol. The number of hydrogen-bond acceptors (Lipinski definition) is 5. The highest BCUT2D eigenvalue weighted by Crippen LogP contribution is 2.44. The Labute approximate surface area is 198 Å². The number of carboxylic acid groups (broad SMARTS) is 1. The van der Waals surface area contributed by atoms with Crippen molar-refractivity contribution in [2.75, 3.05) is 26.9 Å². The Hall–Kier alpha value is -3.39. The van der Waals surface area contributed by atoms with Crippen LogP contribution in [0.25, 0.3) is 11.1 Å². The summed E-state index contributed by atoms with van der Waals surface area (Å²) in [6.07, 6.45) is 0.475. The molecule has 4 rings (SSSR count). The van der Waals surface area contributed by atoms with Crippen LogP contribution < -0.4 is 5.32 Å². The number of nitrogens with one attached hydrogen (secondary N) is 1. The predicted molar refractivity (Wildman–Crippen MR) is 125 cm³/mol. The zero-order chi connectivity index (χ0) is 24.3. The number of ether oxygens (including phenoxy) is 2. The number of hydrogen-bond donors (Lipinski definition) is 2. The van der Waals surface area contributed by atoms with Crippen LogP contribution in [-0.4, -0.2) is 66.4 Å². The van der Waals surface area contributed by atoms with Crippen LogP contribution >= 0.6 is 0 Å². The van der Waals surface area contributed by atoms with E-state index < -0.39 is 29.6 Å². The molecule has 2 atom stereocenters. The zero-order valence-corrected chi connectivity index (χ0v) is 19.5. The third-order valence-corrected chi connectivity index (χ3v) is 6.88. The molecule has 34 heavy (non-hydrogen) atoms. The topological polar surface area (TPSA) is 105 Å². The summed E-state index contributed by atoms with van der Waals surface area (Å²) in [5, 5.41) is 12.5. The van der Waals surface area contributed by atoms with Crippen molar-refractivity contribution in [1.29, 1.82) is 0 Å². The molecule has 2 N–H and O–H groups in total. The molecule has 1 fully saturated rings. The Morgan fingerprint density at radius 1 is 1.12 bits per heavy atom. The third-order valence-electron chi connectivity index (χ3n) is 6.88. The summed E-state index contributed by atoms with van der Waals surface area (Å²) in [6.45, 7) is 2.10. The zero-order valence-electron chi connectivity index (χ0n) is 19.5. The van der Waals surface area contributed by atoms with E-state index in [-0.39, 0.29) is 19.1 Å². The van der Waals surface area contributed by atoms with Gasteiger partial charge < -0.3 is 24.8 Å². The van der Waals surface area contributed by atoms with Crippen molar-refractivity contribution in [3.05, 3.63) is 59.7 Å². The first-order valence-electron chi connectivity index (χ1n) is 11.6. The van der Waals surface area contributed by atoms with Crippen molar-refractivity contribution in [3.63, 3.8) is 0 Å². The first-order valence-corrected chi connectivity index (χ1v) is 11.6. The summed E-state index contributed by atoms with van der Waals surface area (Å²) < 4.78 is 10.7. The van der Waals surface area contributed by atoms with Crippen LogP contribution in [-0.2, 0) is 19.1 Å². The second-order valence-corrected chi connectivity index (χ2v) is 8.79. The lowest BCUT2D eigenvalue weighted by Gasteiger charge is -2.36. The Balaban J connectivity index is 1.43. The molecule has 8 nitrogen and oxygen atoms in total. The molecule has 1 saturated heterocycles. The highest BCUT2D eigenvalue weighted by molar-refractivity contribution is 5.92. The molecule has 1 aliphatic carbocycles. The maximum absolute atomic E-state index is 13.2. The summed E-state index contributed by atoms with van der Waals surface area (Å²) in [5.41, 5.74) is 3.05. The van der Waals surface area contributed by atoms with Gasteiger partial charge in [0, 0.05) is 19.6 Å². The number of likely N-dealkylation sites (tertiary alicyclic amines) is 1. The molecule has 1 heterocycles. The van der Waals surface area contributed by atoms with Crippen LogP contribution in [0, 0.1) is 0 Å². The van der Waals surface area contributed by atoms with Crippen LogP contribution in [0.15, 0.2) is 48.5 Å². The number of carbonyl (C=O) groups is 3. The number of methoxy groups -OCH3 is 1. The SMILES string of the molecule is CC[C@@H](NC(=O)OCC1c2ccccc2-c2ccccc21)C(=O)N1CCCC1(COC)C(=O)O. The van der Waals surface area contributed by atoms with E-state index in [2.05, 4.69) is 17.4 Å². The number of nitrogens with zero attached hydrogens (tertiary/aromatic N) is 1. The van der Waals surface area contributed by atoms with Crippen molar-refractivity contribution < 1.29 is 29.0 Å². The average molecular weight is 467 g/mol. The molecule has 2 amide bonds. The highest BCUT2D eigenvalue weighted by Gasteiger charge is 2.51. The maximum Gasteiger partial charge on any atom is 0.407 e. The molecule has 8 heteroatoms. The van der Waals surface area contributed by atoms with Gasteiger partial charge in [-0.15, -0.1) is 0 Å². The standard InChI is InChI=1S/C26H30N2O6/c1-3-22(23(29)28-14-8-13-26(28,16-33-2)24(30)31)27-25(32)34-15-21-19-11-6-4-9-17(19)18-10-5-7-12-20(18)21/h4-7,9-12,21-22H,3,8,13-16H2,1-2H3,(H,27,32)(H,30,31)/t22-,26?/m1/s1. The van der Waals surface area contributed by atoms with Crippen molar-refractivity contribution in [3.8, 4) is 11.1 Å². The molecule has 0 spiro atoms. The van der Waals surface area contributed by atoms with E-state index in [1.165, 1.54) is 12.0 Å². The molecular formula is C26H30N2O6. The fourth-order valence-corrected chi connectivity index (χ4v) is 5.18. The van der Waals surface area contributed by atoms with Gasteiger partial charge >= 0.3 is 12.1 Å². The normalized spacial score (nSPS) is 19.9. The lowest BCUT2D eigenvalue weighted by atomic mass is 9.96. The number of fused-ring (bicyclic) bond motifs is 3. The van der Waals surface area contributed by atoms with Gasteiger partial charge in [-0.3, -0.25) is 4.79 Å². The smallest absolute Gasteiger partial charge is 0.407 e. The van der Waals surface area contributed by atoms with E-state index >= 15 is 0 Å². The molecule has 0 radical (unpaired) electrons. The van der Waals surface area contributed by atoms with E-state index in [9.17, 15) is 19.5 Å². The van der Waals surface area contributed by atoms with Crippen LogP contribution in [0.1, 0.15) is 43.2 Å². The fraction of sp³-hybridized carbons (Fsp3) is 0.423. The molecule has 2 aromatic rings. The number of carboxylic acids is 1. The quantitative estimate of drug-likeness (QED) is 0.618. The number of alkyl carbamates (subject to hydrolysis) is 1. The number of amides is 2. The number of benzene rings is 2. The van der Waals surface area contributed by atoms with Crippen LogP contribution in [0.4, 0.5) is 4.79 Å². The van der Waals surface area contributed by atoms with Gasteiger partial charge in [0.2, 0.25) is 5.91 Å². The minimum absolute atomic E-state index is 0.0890. The summed E-state index contributed by atoms with van der Waals surface area (Å²) in [7, 11) is 1.41. The molecule has 0 bridgehead atoms. The first-order chi connectivity index (χ1) is 16.4. The second kappa shape index (κ2) is 9.85. The first kappa shape index (κ1) is 23.8. The number of aliphatic carboxylic acids is 1.